The smallest absolute Gasteiger partial charge is 0.410 e. The number of hydrogen-bond donors (Lipinski definition) is 0. The molecule has 1 aromatic carbocycles. The molecule has 0 N–H and O–H groups in total. The standard InChI is InChI=1S/C27H36BrClN6O3/c1-27(2,3)38-26(36)33-11-6-7-18(16-33)17-34-30-14-19(32-34)9-10-20-22(29)13-23-21(25(20)28)15-31-35(23)24-8-4-5-12-37-24/h13-15,18,24H,4-12,16-17H2,1-3H3/t18-,24?/m1/s1. The van der Waals surface area contributed by atoms with E-state index < -0.39 is 5.60 Å². The molecule has 1 amide bonds. The van der Waals surface area contributed by atoms with Gasteiger partial charge < -0.3 is 14.4 Å². The zero-order valence-electron chi connectivity index (χ0n) is 22.3. The van der Waals surface area contributed by atoms with Gasteiger partial charge in [0.25, 0.3) is 0 Å². The van der Waals surface area contributed by atoms with Gasteiger partial charge in [0.15, 0.2) is 6.23 Å². The van der Waals surface area contributed by atoms with E-state index >= 15 is 0 Å². The number of carbonyl (C=O) groups is 1. The summed E-state index contributed by atoms with van der Waals surface area (Å²) in [6.07, 6.45) is 10.1. The maximum absolute atomic E-state index is 12.5. The highest BCUT2D eigenvalue weighted by Crippen LogP contribution is 2.36. The van der Waals surface area contributed by atoms with Gasteiger partial charge in [-0.05, 0) is 99.2 Å². The third-order valence-electron chi connectivity index (χ3n) is 7.12. The molecule has 2 aliphatic heterocycles. The summed E-state index contributed by atoms with van der Waals surface area (Å²) in [4.78, 5) is 16.1. The number of likely N-dealkylation sites (tertiary alicyclic amines) is 1. The Hall–Kier alpha value is -2.17. The largest absolute Gasteiger partial charge is 0.444 e. The molecule has 206 valence electrons. The van der Waals surface area contributed by atoms with Crippen LogP contribution < -0.4 is 0 Å². The van der Waals surface area contributed by atoms with Gasteiger partial charge in [0, 0.05) is 34.6 Å². The Balaban J connectivity index is 1.21. The summed E-state index contributed by atoms with van der Waals surface area (Å²) in [5.74, 6) is 0.298. The molecule has 2 aromatic heterocycles. The fourth-order valence-electron chi connectivity index (χ4n) is 5.26. The Morgan fingerprint density at radius 3 is 2.79 bits per heavy atom. The molecule has 5 rings (SSSR count). The van der Waals surface area contributed by atoms with Gasteiger partial charge in [-0.1, -0.05) is 11.6 Å². The van der Waals surface area contributed by atoms with Gasteiger partial charge in [-0.25, -0.2) is 9.48 Å². The van der Waals surface area contributed by atoms with E-state index in [1.54, 1.807) is 4.80 Å². The number of nitrogens with zero attached hydrogens (tertiary/aromatic N) is 6. The van der Waals surface area contributed by atoms with Gasteiger partial charge in [0.1, 0.15) is 5.60 Å². The van der Waals surface area contributed by atoms with E-state index in [9.17, 15) is 4.79 Å². The van der Waals surface area contributed by atoms with Crippen molar-refractivity contribution in [1.82, 2.24) is 29.7 Å². The van der Waals surface area contributed by atoms with Crippen LogP contribution in [0.2, 0.25) is 5.02 Å². The van der Waals surface area contributed by atoms with Crippen LogP contribution in [0.1, 0.15) is 70.4 Å². The van der Waals surface area contributed by atoms with Crippen LogP contribution >= 0.6 is 27.5 Å². The molecular weight excluding hydrogens is 572 g/mol. The molecule has 0 bridgehead atoms. The van der Waals surface area contributed by atoms with Gasteiger partial charge in [0.2, 0.25) is 0 Å². The number of rotatable bonds is 6. The molecule has 0 saturated carbocycles. The molecule has 2 fully saturated rings. The number of benzene rings is 1. The number of hydrogen-bond acceptors (Lipinski definition) is 6. The van der Waals surface area contributed by atoms with Crippen molar-refractivity contribution in [1.29, 1.82) is 0 Å². The molecule has 38 heavy (non-hydrogen) atoms. The molecule has 2 saturated heterocycles. The lowest BCUT2D eigenvalue weighted by Crippen LogP contribution is -2.43. The number of carbonyl (C=O) groups excluding carboxylic acids is 1. The predicted octanol–water partition coefficient (Wildman–Crippen LogP) is 6.18. The van der Waals surface area contributed by atoms with Gasteiger partial charge in [-0.2, -0.15) is 20.1 Å². The number of fused-ring (bicyclic) bond motifs is 1. The van der Waals surface area contributed by atoms with Crippen LogP contribution in [-0.2, 0) is 28.9 Å². The summed E-state index contributed by atoms with van der Waals surface area (Å²) < 4.78 is 14.4. The van der Waals surface area contributed by atoms with Gasteiger partial charge >= 0.3 is 6.09 Å². The van der Waals surface area contributed by atoms with Crippen molar-refractivity contribution in [2.45, 2.75) is 84.1 Å². The minimum Gasteiger partial charge on any atom is -0.444 e. The molecule has 0 spiro atoms. The number of aryl methyl sites for hydroxylation is 1. The highest BCUT2D eigenvalue weighted by Gasteiger charge is 2.28. The minimum atomic E-state index is -0.491. The zero-order chi connectivity index (χ0) is 26.9. The Labute approximate surface area is 236 Å². The molecule has 4 heterocycles. The monoisotopic (exact) mass is 606 g/mol. The summed E-state index contributed by atoms with van der Waals surface area (Å²) in [6.45, 7) is 8.52. The fourth-order valence-corrected chi connectivity index (χ4v) is 6.38. The van der Waals surface area contributed by atoms with E-state index in [0.717, 1.165) is 84.7 Å². The maximum atomic E-state index is 12.5. The van der Waals surface area contributed by atoms with Crippen LogP contribution in [0, 0.1) is 5.92 Å². The Morgan fingerprint density at radius 2 is 2.03 bits per heavy atom. The average molecular weight is 608 g/mol. The van der Waals surface area contributed by atoms with Crippen LogP contribution in [0.15, 0.2) is 22.9 Å². The zero-order valence-corrected chi connectivity index (χ0v) is 24.7. The maximum Gasteiger partial charge on any atom is 0.410 e. The number of amides is 1. The first-order valence-electron chi connectivity index (χ1n) is 13.5. The van der Waals surface area contributed by atoms with Crippen LogP contribution in [0.5, 0.6) is 0 Å². The van der Waals surface area contributed by atoms with Crippen LogP contribution in [0.25, 0.3) is 10.9 Å². The van der Waals surface area contributed by atoms with E-state index in [0.29, 0.717) is 24.0 Å². The van der Waals surface area contributed by atoms with Crippen LogP contribution in [0.4, 0.5) is 4.79 Å². The summed E-state index contributed by atoms with van der Waals surface area (Å²) in [5, 5.41) is 15.6. The highest BCUT2D eigenvalue weighted by molar-refractivity contribution is 9.10. The number of piperidine rings is 1. The number of ether oxygens (including phenoxy) is 2. The first-order chi connectivity index (χ1) is 18.2. The molecule has 2 atom stereocenters. The topological polar surface area (TPSA) is 87.3 Å². The van der Waals surface area contributed by atoms with E-state index in [2.05, 4.69) is 26.1 Å². The van der Waals surface area contributed by atoms with E-state index in [1.807, 2.05) is 48.8 Å². The lowest BCUT2D eigenvalue weighted by Gasteiger charge is -2.33. The normalized spacial score (nSPS) is 20.7. The molecular formula is C27H36BrClN6O3. The number of aromatic nitrogens is 5. The summed E-state index contributed by atoms with van der Waals surface area (Å²) in [5.41, 5.74) is 2.45. The summed E-state index contributed by atoms with van der Waals surface area (Å²) >= 11 is 10.5. The first kappa shape index (κ1) is 27.4. The van der Waals surface area contributed by atoms with Gasteiger partial charge in [-0.15, -0.1) is 0 Å². The third-order valence-corrected chi connectivity index (χ3v) is 8.37. The highest BCUT2D eigenvalue weighted by atomic mass is 79.9. The third kappa shape index (κ3) is 6.34. The van der Waals surface area contributed by atoms with Crippen LogP contribution in [-0.4, -0.2) is 61.1 Å². The van der Waals surface area contributed by atoms with Crippen molar-refractivity contribution in [2.24, 2.45) is 5.92 Å². The molecule has 3 aromatic rings. The lowest BCUT2D eigenvalue weighted by atomic mass is 9.98. The van der Waals surface area contributed by atoms with Crippen LogP contribution in [0.3, 0.4) is 0 Å². The van der Waals surface area contributed by atoms with E-state index in [1.165, 1.54) is 0 Å². The summed E-state index contributed by atoms with van der Waals surface area (Å²) in [7, 11) is 0. The van der Waals surface area contributed by atoms with Gasteiger partial charge in [0.05, 0.1) is 30.1 Å². The minimum absolute atomic E-state index is 0.0366. The first-order valence-corrected chi connectivity index (χ1v) is 14.7. The van der Waals surface area contributed by atoms with Crippen molar-refractivity contribution in [3.05, 3.63) is 39.2 Å². The molecule has 9 nitrogen and oxygen atoms in total. The Morgan fingerprint density at radius 1 is 1.18 bits per heavy atom. The second-order valence-corrected chi connectivity index (χ2v) is 12.5. The molecule has 0 radical (unpaired) electrons. The SMILES string of the molecule is CC(C)(C)OC(=O)N1CCC[C@@H](Cn2ncc(CCc3c(Cl)cc4c(cnn4C4CCCCO4)c3Br)n2)C1. The average Bonchev–Trinajstić information content (AvgIpc) is 3.50. The Bertz CT molecular complexity index is 1280. The van der Waals surface area contributed by atoms with E-state index in [4.69, 9.17) is 26.2 Å². The van der Waals surface area contributed by atoms with Crippen molar-refractivity contribution < 1.29 is 14.3 Å². The quantitative estimate of drug-likeness (QED) is 0.333. The molecule has 2 aliphatic rings. The number of halogens is 2. The van der Waals surface area contributed by atoms with Crippen molar-refractivity contribution >= 4 is 44.5 Å². The van der Waals surface area contributed by atoms with E-state index in [-0.39, 0.29) is 12.3 Å². The van der Waals surface area contributed by atoms with Crippen molar-refractivity contribution in [3.8, 4) is 0 Å². The predicted molar refractivity (Wildman–Crippen MR) is 149 cm³/mol. The molecule has 1 unspecified atom stereocenters. The fraction of sp³-hybridized carbons (Fsp3) is 0.630. The van der Waals surface area contributed by atoms with Crippen molar-refractivity contribution in [2.75, 3.05) is 19.7 Å². The molecule has 0 aliphatic carbocycles. The lowest BCUT2D eigenvalue weighted by molar-refractivity contribution is -0.0366. The Kier molecular flexibility index (Phi) is 8.30. The second kappa shape index (κ2) is 11.5. The van der Waals surface area contributed by atoms with Gasteiger partial charge in [-0.3, -0.25) is 0 Å². The van der Waals surface area contributed by atoms with Crippen molar-refractivity contribution in [3.63, 3.8) is 0 Å². The second-order valence-electron chi connectivity index (χ2n) is 11.3. The molecule has 11 heteroatoms. The summed E-state index contributed by atoms with van der Waals surface area (Å²) in [6, 6.07) is 2.00.